The number of aliphatic imine (C=N–C) groups is 1. The molecule has 0 aromatic rings. The Labute approximate surface area is 152 Å². The Morgan fingerprint density at radius 1 is 1.16 bits per heavy atom. The zero-order valence-corrected chi connectivity index (χ0v) is 16.1. The first kappa shape index (κ1) is 20.0. The fraction of sp³-hybridized carbons (Fsp3) is 0.895. The van der Waals surface area contributed by atoms with Gasteiger partial charge in [0.05, 0.1) is 6.10 Å². The minimum Gasteiger partial charge on any atom is -0.391 e. The van der Waals surface area contributed by atoms with Crippen LogP contribution in [0.1, 0.15) is 57.8 Å². The molecule has 2 aliphatic rings. The Kier molecular flexibility index (Phi) is 8.00. The molecule has 3 unspecified atom stereocenters. The van der Waals surface area contributed by atoms with Gasteiger partial charge in [-0.1, -0.05) is 25.7 Å². The van der Waals surface area contributed by atoms with Crippen molar-refractivity contribution in [2.24, 2.45) is 16.8 Å². The van der Waals surface area contributed by atoms with Crippen LogP contribution in [0.2, 0.25) is 0 Å². The predicted molar refractivity (Wildman–Crippen MR) is 102 cm³/mol. The number of aliphatic hydroxyl groups is 1. The monoisotopic (exact) mass is 352 g/mol. The summed E-state index contributed by atoms with van der Waals surface area (Å²) in [5.41, 5.74) is 0. The van der Waals surface area contributed by atoms with E-state index in [1.54, 1.807) is 11.9 Å². The molecule has 0 aliphatic heterocycles. The van der Waals surface area contributed by atoms with E-state index in [0.717, 1.165) is 44.5 Å². The number of amides is 1. The van der Waals surface area contributed by atoms with Gasteiger partial charge in [-0.2, -0.15) is 0 Å². The molecule has 0 heterocycles. The minimum absolute atomic E-state index is 0.104. The highest BCUT2D eigenvalue weighted by Gasteiger charge is 2.29. The Morgan fingerprint density at radius 3 is 2.52 bits per heavy atom. The van der Waals surface area contributed by atoms with E-state index in [1.165, 1.54) is 19.3 Å². The molecule has 0 radical (unpaired) electrons. The van der Waals surface area contributed by atoms with Crippen molar-refractivity contribution >= 4 is 11.9 Å². The van der Waals surface area contributed by atoms with Crippen molar-refractivity contribution in [2.75, 3.05) is 27.7 Å². The molecule has 0 aromatic heterocycles. The zero-order valence-electron chi connectivity index (χ0n) is 16.1. The Balaban J connectivity index is 1.77. The van der Waals surface area contributed by atoms with Crippen LogP contribution in [0.3, 0.4) is 0 Å². The molecule has 6 heteroatoms. The van der Waals surface area contributed by atoms with E-state index in [2.05, 4.69) is 15.6 Å². The van der Waals surface area contributed by atoms with Crippen molar-refractivity contribution in [2.45, 2.75) is 69.9 Å². The molecular weight excluding hydrogens is 316 g/mol. The van der Waals surface area contributed by atoms with Crippen LogP contribution in [0.4, 0.5) is 0 Å². The van der Waals surface area contributed by atoms with Gasteiger partial charge in [0.1, 0.15) is 0 Å². The topological polar surface area (TPSA) is 77.0 Å². The molecule has 144 valence electrons. The number of guanidine groups is 1. The number of hydrogen-bond acceptors (Lipinski definition) is 3. The summed E-state index contributed by atoms with van der Waals surface area (Å²) in [4.78, 5) is 18.2. The number of nitrogens with one attached hydrogen (secondary N) is 2. The molecule has 3 N–H and O–H groups in total. The van der Waals surface area contributed by atoms with Gasteiger partial charge in [0.15, 0.2) is 5.96 Å². The smallest absolute Gasteiger partial charge is 0.225 e. The molecule has 0 aromatic carbocycles. The van der Waals surface area contributed by atoms with Crippen LogP contribution in [0.15, 0.2) is 4.99 Å². The highest BCUT2D eigenvalue weighted by Crippen LogP contribution is 2.27. The number of carbonyl (C=O) groups excluding carboxylic acids is 1. The SMILES string of the molecule is CN=C(NCC(O)C1CCCCC1)NC1CCCC(C(=O)N(C)C)C1. The van der Waals surface area contributed by atoms with Crippen LogP contribution in [-0.2, 0) is 4.79 Å². The summed E-state index contributed by atoms with van der Waals surface area (Å²) in [6.45, 7) is 0.539. The number of hydrogen-bond donors (Lipinski definition) is 3. The minimum atomic E-state index is -0.312. The summed E-state index contributed by atoms with van der Waals surface area (Å²) in [6, 6.07) is 0.265. The van der Waals surface area contributed by atoms with E-state index in [-0.39, 0.29) is 24.0 Å². The maximum absolute atomic E-state index is 12.2. The zero-order chi connectivity index (χ0) is 18.2. The highest BCUT2D eigenvalue weighted by molar-refractivity contribution is 5.81. The number of rotatable bonds is 5. The predicted octanol–water partition coefficient (Wildman–Crippen LogP) is 1.74. The lowest BCUT2D eigenvalue weighted by atomic mass is 9.85. The van der Waals surface area contributed by atoms with Gasteiger partial charge < -0.3 is 20.6 Å². The first-order valence-corrected chi connectivity index (χ1v) is 9.87. The average Bonchev–Trinajstić information content (AvgIpc) is 2.65. The Bertz CT molecular complexity index is 447. The van der Waals surface area contributed by atoms with E-state index >= 15 is 0 Å². The normalized spacial score (nSPS) is 26.8. The second-order valence-electron chi connectivity index (χ2n) is 7.86. The third-order valence-electron chi connectivity index (χ3n) is 5.70. The van der Waals surface area contributed by atoms with Crippen LogP contribution in [-0.4, -0.2) is 61.7 Å². The molecule has 25 heavy (non-hydrogen) atoms. The number of carbonyl (C=O) groups is 1. The lowest BCUT2D eigenvalue weighted by molar-refractivity contribution is -0.134. The van der Waals surface area contributed by atoms with Crippen LogP contribution < -0.4 is 10.6 Å². The molecule has 2 fully saturated rings. The Morgan fingerprint density at radius 2 is 1.88 bits per heavy atom. The summed E-state index contributed by atoms with van der Waals surface area (Å²) in [5.74, 6) is 1.48. The molecule has 0 bridgehead atoms. The fourth-order valence-electron chi connectivity index (χ4n) is 4.19. The molecule has 0 spiro atoms. The van der Waals surface area contributed by atoms with Crippen molar-refractivity contribution in [1.82, 2.24) is 15.5 Å². The Hall–Kier alpha value is -1.30. The van der Waals surface area contributed by atoms with Crippen molar-refractivity contribution in [3.63, 3.8) is 0 Å². The van der Waals surface area contributed by atoms with E-state index in [0.29, 0.717) is 12.5 Å². The average molecular weight is 353 g/mol. The highest BCUT2D eigenvalue weighted by atomic mass is 16.3. The van der Waals surface area contributed by atoms with Gasteiger partial charge in [0, 0.05) is 39.6 Å². The van der Waals surface area contributed by atoms with Gasteiger partial charge in [0.25, 0.3) is 0 Å². The number of nitrogens with zero attached hydrogens (tertiary/aromatic N) is 2. The summed E-state index contributed by atoms with van der Waals surface area (Å²) >= 11 is 0. The van der Waals surface area contributed by atoms with E-state index in [4.69, 9.17) is 0 Å². The van der Waals surface area contributed by atoms with Crippen LogP contribution >= 0.6 is 0 Å². The first-order valence-electron chi connectivity index (χ1n) is 9.87. The third kappa shape index (κ3) is 6.17. The van der Waals surface area contributed by atoms with Gasteiger partial charge >= 0.3 is 0 Å². The third-order valence-corrected chi connectivity index (χ3v) is 5.70. The van der Waals surface area contributed by atoms with Gasteiger partial charge in [-0.3, -0.25) is 9.79 Å². The van der Waals surface area contributed by atoms with Crippen molar-refractivity contribution in [3.8, 4) is 0 Å². The summed E-state index contributed by atoms with van der Waals surface area (Å²) < 4.78 is 0. The van der Waals surface area contributed by atoms with E-state index < -0.39 is 0 Å². The van der Waals surface area contributed by atoms with Crippen molar-refractivity contribution in [1.29, 1.82) is 0 Å². The molecule has 2 rings (SSSR count). The molecule has 2 aliphatic carbocycles. The second-order valence-corrected chi connectivity index (χ2v) is 7.86. The molecule has 3 atom stereocenters. The van der Waals surface area contributed by atoms with Crippen molar-refractivity contribution in [3.05, 3.63) is 0 Å². The van der Waals surface area contributed by atoms with Crippen LogP contribution in [0, 0.1) is 11.8 Å². The fourth-order valence-corrected chi connectivity index (χ4v) is 4.19. The largest absolute Gasteiger partial charge is 0.391 e. The molecule has 1 amide bonds. The van der Waals surface area contributed by atoms with Crippen LogP contribution in [0.25, 0.3) is 0 Å². The maximum atomic E-state index is 12.2. The van der Waals surface area contributed by atoms with E-state index in [1.807, 2.05) is 14.1 Å². The summed E-state index contributed by atoms with van der Waals surface area (Å²) in [6.07, 6.45) is 9.66. The van der Waals surface area contributed by atoms with Gasteiger partial charge in [0.2, 0.25) is 5.91 Å². The van der Waals surface area contributed by atoms with Gasteiger partial charge in [-0.15, -0.1) is 0 Å². The van der Waals surface area contributed by atoms with Gasteiger partial charge in [-0.05, 0) is 38.0 Å². The molecular formula is C19H36N4O2. The van der Waals surface area contributed by atoms with Crippen molar-refractivity contribution < 1.29 is 9.90 Å². The van der Waals surface area contributed by atoms with E-state index in [9.17, 15) is 9.90 Å². The molecule has 6 nitrogen and oxygen atoms in total. The van der Waals surface area contributed by atoms with Gasteiger partial charge in [-0.25, -0.2) is 0 Å². The molecule has 2 saturated carbocycles. The standard InChI is InChI=1S/C19H36N4O2/c1-20-19(21-13-17(24)14-8-5-4-6-9-14)22-16-11-7-10-15(12-16)18(25)23(2)3/h14-17,24H,4-13H2,1-3H3,(H2,20,21,22). The number of aliphatic hydroxyl groups excluding tert-OH is 1. The second kappa shape index (κ2) is 10.00. The summed E-state index contributed by atoms with van der Waals surface area (Å²) in [7, 11) is 5.41. The quantitative estimate of drug-likeness (QED) is 0.520. The lowest BCUT2D eigenvalue weighted by Gasteiger charge is -2.32. The summed E-state index contributed by atoms with van der Waals surface area (Å²) in [5, 5.41) is 17.1. The maximum Gasteiger partial charge on any atom is 0.225 e. The molecule has 0 saturated heterocycles. The lowest BCUT2D eigenvalue weighted by Crippen LogP contribution is -2.49. The first-order chi connectivity index (χ1) is 12.0. The van der Waals surface area contributed by atoms with Crippen LogP contribution in [0.5, 0.6) is 0 Å².